The normalized spacial score (nSPS) is 12.3. The van der Waals surface area contributed by atoms with Crippen LogP contribution in [0.25, 0.3) is 11.0 Å². The lowest BCUT2D eigenvalue weighted by atomic mass is 10.0. The standard InChI is InChI=1S/C16H23NO2/c1-11-7-13-9-14(19-15(13)8-12(11)2)10-17-16(3,4)5-6-18/h7-9,17-18H,5-6,10H2,1-4H3. The lowest BCUT2D eigenvalue weighted by Gasteiger charge is -2.24. The van der Waals surface area contributed by atoms with E-state index >= 15 is 0 Å². The van der Waals surface area contributed by atoms with E-state index in [4.69, 9.17) is 9.52 Å². The second-order valence-electron chi connectivity index (χ2n) is 5.90. The van der Waals surface area contributed by atoms with E-state index in [-0.39, 0.29) is 12.1 Å². The monoisotopic (exact) mass is 261 g/mol. The second kappa shape index (κ2) is 5.35. The highest BCUT2D eigenvalue weighted by Crippen LogP contribution is 2.23. The van der Waals surface area contributed by atoms with E-state index < -0.39 is 0 Å². The van der Waals surface area contributed by atoms with Crippen LogP contribution in [0.2, 0.25) is 0 Å². The smallest absolute Gasteiger partial charge is 0.134 e. The number of aliphatic hydroxyl groups is 1. The van der Waals surface area contributed by atoms with Gasteiger partial charge in [0.1, 0.15) is 11.3 Å². The summed E-state index contributed by atoms with van der Waals surface area (Å²) in [6, 6.07) is 6.34. The molecule has 1 aromatic carbocycles. The van der Waals surface area contributed by atoms with Crippen molar-refractivity contribution in [2.45, 2.75) is 46.2 Å². The number of hydrogen-bond acceptors (Lipinski definition) is 3. The van der Waals surface area contributed by atoms with Gasteiger partial charge in [-0.1, -0.05) is 0 Å². The van der Waals surface area contributed by atoms with Gasteiger partial charge in [0.25, 0.3) is 0 Å². The lowest BCUT2D eigenvalue weighted by molar-refractivity contribution is 0.227. The first kappa shape index (κ1) is 14.1. The minimum atomic E-state index is -0.0838. The first-order chi connectivity index (χ1) is 8.91. The number of nitrogens with one attached hydrogen (secondary N) is 1. The molecule has 0 saturated carbocycles. The average Bonchev–Trinajstić information content (AvgIpc) is 2.69. The predicted octanol–water partition coefficient (Wildman–Crippen LogP) is 3.30. The number of aryl methyl sites for hydroxylation is 2. The molecule has 1 heterocycles. The Labute approximate surface area is 114 Å². The molecule has 0 aliphatic carbocycles. The third-order valence-corrected chi connectivity index (χ3v) is 3.66. The van der Waals surface area contributed by atoms with Gasteiger partial charge in [-0.15, -0.1) is 0 Å². The molecule has 0 unspecified atom stereocenters. The van der Waals surface area contributed by atoms with E-state index in [0.717, 1.165) is 23.2 Å². The van der Waals surface area contributed by atoms with Crippen LogP contribution in [-0.4, -0.2) is 17.3 Å². The molecule has 0 saturated heterocycles. The molecule has 19 heavy (non-hydrogen) atoms. The summed E-state index contributed by atoms with van der Waals surface area (Å²) >= 11 is 0. The summed E-state index contributed by atoms with van der Waals surface area (Å²) in [6.07, 6.45) is 0.728. The highest BCUT2D eigenvalue weighted by Gasteiger charge is 2.16. The summed E-state index contributed by atoms with van der Waals surface area (Å²) < 4.78 is 5.85. The van der Waals surface area contributed by atoms with Crippen LogP contribution >= 0.6 is 0 Å². The van der Waals surface area contributed by atoms with Crippen LogP contribution < -0.4 is 5.32 Å². The van der Waals surface area contributed by atoms with Crippen molar-refractivity contribution in [2.24, 2.45) is 0 Å². The number of hydrogen-bond donors (Lipinski definition) is 2. The molecule has 2 N–H and O–H groups in total. The fourth-order valence-corrected chi connectivity index (χ4v) is 2.14. The first-order valence-electron chi connectivity index (χ1n) is 6.77. The van der Waals surface area contributed by atoms with Crippen LogP contribution in [0.4, 0.5) is 0 Å². The van der Waals surface area contributed by atoms with Gasteiger partial charge in [-0.05, 0) is 63.4 Å². The summed E-state index contributed by atoms with van der Waals surface area (Å²) in [4.78, 5) is 0. The third kappa shape index (κ3) is 3.37. The Bertz CT molecular complexity index is 530. The Hall–Kier alpha value is -1.32. The number of rotatable bonds is 5. The van der Waals surface area contributed by atoms with E-state index in [1.54, 1.807) is 0 Å². The molecule has 104 valence electrons. The minimum absolute atomic E-state index is 0.0838. The van der Waals surface area contributed by atoms with Crippen molar-refractivity contribution in [3.05, 3.63) is 35.1 Å². The molecule has 0 aliphatic heterocycles. The fraction of sp³-hybridized carbons (Fsp3) is 0.500. The molecular weight excluding hydrogens is 238 g/mol. The molecule has 0 aliphatic rings. The summed E-state index contributed by atoms with van der Waals surface area (Å²) in [7, 11) is 0. The Kier molecular flexibility index (Phi) is 3.97. The van der Waals surface area contributed by atoms with Crippen LogP contribution in [0.3, 0.4) is 0 Å². The maximum Gasteiger partial charge on any atom is 0.134 e. The molecule has 2 rings (SSSR count). The topological polar surface area (TPSA) is 45.4 Å². The van der Waals surface area contributed by atoms with Gasteiger partial charge < -0.3 is 14.8 Å². The fourth-order valence-electron chi connectivity index (χ4n) is 2.14. The van der Waals surface area contributed by atoms with Crippen LogP contribution in [0.1, 0.15) is 37.2 Å². The van der Waals surface area contributed by atoms with Gasteiger partial charge >= 0.3 is 0 Å². The van der Waals surface area contributed by atoms with Crippen molar-refractivity contribution in [2.75, 3.05) is 6.61 Å². The Morgan fingerprint density at radius 2 is 1.84 bits per heavy atom. The van der Waals surface area contributed by atoms with Gasteiger partial charge in [0, 0.05) is 17.5 Å². The summed E-state index contributed by atoms with van der Waals surface area (Å²) in [6.45, 7) is 9.25. The van der Waals surface area contributed by atoms with E-state index in [0.29, 0.717) is 6.54 Å². The van der Waals surface area contributed by atoms with Crippen molar-refractivity contribution < 1.29 is 9.52 Å². The third-order valence-electron chi connectivity index (χ3n) is 3.66. The zero-order valence-electron chi connectivity index (χ0n) is 12.2. The molecule has 0 bridgehead atoms. The Balaban J connectivity index is 2.14. The minimum Gasteiger partial charge on any atom is -0.460 e. The molecule has 0 amide bonds. The Morgan fingerprint density at radius 1 is 1.16 bits per heavy atom. The van der Waals surface area contributed by atoms with Crippen LogP contribution in [0.5, 0.6) is 0 Å². The Morgan fingerprint density at radius 3 is 2.53 bits per heavy atom. The molecule has 0 radical (unpaired) electrons. The molecule has 1 aromatic heterocycles. The highest BCUT2D eigenvalue weighted by molar-refractivity contribution is 5.79. The van der Waals surface area contributed by atoms with E-state index in [1.165, 1.54) is 11.1 Å². The second-order valence-corrected chi connectivity index (χ2v) is 5.90. The van der Waals surface area contributed by atoms with Crippen molar-refractivity contribution in [3.63, 3.8) is 0 Å². The quantitative estimate of drug-likeness (QED) is 0.868. The molecule has 0 fully saturated rings. The summed E-state index contributed by atoms with van der Waals surface area (Å²) in [5.41, 5.74) is 3.40. The molecule has 0 spiro atoms. The first-order valence-corrected chi connectivity index (χ1v) is 6.77. The lowest BCUT2D eigenvalue weighted by Crippen LogP contribution is -2.39. The SMILES string of the molecule is Cc1cc2cc(CNC(C)(C)CCO)oc2cc1C. The molecule has 2 aromatic rings. The van der Waals surface area contributed by atoms with Gasteiger partial charge in [0.15, 0.2) is 0 Å². The summed E-state index contributed by atoms with van der Waals surface area (Å²) in [5.74, 6) is 0.936. The van der Waals surface area contributed by atoms with E-state index in [2.05, 4.69) is 51.2 Å². The van der Waals surface area contributed by atoms with Crippen molar-refractivity contribution >= 4 is 11.0 Å². The largest absolute Gasteiger partial charge is 0.460 e. The van der Waals surface area contributed by atoms with Crippen molar-refractivity contribution in [1.29, 1.82) is 0 Å². The molecular formula is C16H23NO2. The van der Waals surface area contributed by atoms with Gasteiger partial charge in [-0.2, -0.15) is 0 Å². The van der Waals surface area contributed by atoms with E-state index in [9.17, 15) is 0 Å². The number of aliphatic hydroxyl groups excluding tert-OH is 1. The molecule has 3 nitrogen and oxygen atoms in total. The van der Waals surface area contributed by atoms with Crippen LogP contribution in [0, 0.1) is 13.8 Å². The highest BCUT2D eigenvalue weighted by atomic mass is 16.3. The van der Waals surface area contributed by atoms with Gasteiger partial charge in [0.2, 0.25) is 0 Å². The van der Waals surface area contributed by atoms with Crippen LogP contribution in [0.15, 0.2) is 22.6 Å². The van der Waals surface area contributed by atoms with Crippen molar-refractivity contribution in [3.8, 4) is 0 Å². The number of benzene rings is 1. The predicted molar refractivity (Wildman–Crippen MR) is 78.3 cm³/mol. The van der Waals surface area contributed by atoms with Crippen LogP contribution in [-0.2, 0) is 6.54 Å². The zero-order chi connectivity index (χ0) is 14.0. The summed E-state index contributed by atoms with van der Waals surface area (Å²) in [5, 5.41) is 13.6. The molecule has 0 atom stereocenters. The average molecular weight is 261 g/mol. The van der Waals surface area contributed by atoms with Gasteiger partial charge in [-0.3, -0.25) is 0 Å². The molecule has 3 heteroatoms. The number of furan rings is 1. The zero-order valence-corrected chi connectivity index (χ0v) is 12.2. The van der Waals surface area contributed by atoms with Gasteiger partial charge in [-0.25, -0.2) is 0 Å². The van der Waals surface area contributed by atoms with Crippen molar-refractivity contribution in [1.82, 2.24) is 5.32 Å². The maximum absolute atomic E-state index is 9.01. The maximum atomic E-state index is 9.01. The van der Waals surface area contributed by atoms with E-state index in [1.807, 2.05) is 0 Å². The van der Waals surface area contributed by atoms with Gasteiger partial charge in [0.05, 0.1) is 6.54 Å². The number of fused-ring (bicyclic) bond motifs is 1.